The number of aromatic nitrogens is 2. The molecule has 0 bridgehead atoms. The smallest absolute Gasteiger partial charge is 0.163 e. The molecule has 1 aromatic carbocycles. The molecule has 0 amide bonds. The topological polar surface area (TPSA) is 84.3 Å². The second-order valence-electron chi connectivity index (χ2n) is 5.36. The predicted octanol–water partition coefficient (Wildman–Crippen LogP) is 1.69. The van der Waals surface area contributed by atoms with E-state index >= 15 is 0 Å². The van der Waals surface area contributed by atoms with Gasteiger partial charge in [0.1, 0.15) is 11.6 Å². The highest BCUT2D eigenvalue weighted by Gasteiger charge is 2.12. The van der Waals surface area contributed by atoms with Gasteiger partial charge in [-0.25, -0.2) is 21.7 Å². The first kappa shape index (κ1) is 15.2. The van der Waals surface area contributed by atoms with Gasteiger partial charge >= 0.3 is 0 Å². The minimum Gasteiger partial charge on any atom is -0.298 e. The fourth-order valence-corrected chi connectivity index (χ4v) is 2.08. The lowest BCUT2D eigenvalue weighted by molar-refractivity contribution is 0.931. The molecule has 0 spiro atoms. The van der Waals surface area contributed by atoms with Crippen LogP contribution in [-0.4, -0.2) is 24.1 Å². The van der Waals surface area contributed by atoms with Gasteiger partial charge in [-0.15, -0.1) is 0 Å². The van der Waals surface area contributed by atoms with Gasteiger partial charge in [-0.1, -0.05) is 0 Å². The molecule has 0 saturated heterocycles. The third-order valence-corrected chi connectivity index (χ3v) is 3.61. The highest BCUT2D eigenvalue weighted by Crippen LogP contribution is 2.25. The van der Waals surface area contributed by atoms with E-state index in [1.165, 1.54) is 26.7 Å². The van der Waals surface area contributed by atoms with Crippen LogP contribution in [0.25, 0.3) is 11.4 Å². The van der Waals surface area contributed by atoms with Crippen molar-refractivity contribution < 1.29 is 0 Å². The number of hydrogen-bond donors (Lipinski definition) is 2. The first-order valence-corrected chi connectivity index (χ1v) is 6.73. The first-order chi connectivity index (χ1) is 9.79. The molecule has 2 aromatic rings. The highest BCUT2D eigenvalue weighted by atomic mass is 15.4. The Morgan fingerprint density at radius 3 is 1.62 bits per heavy atom. The third kappa shape index (κ3) is 3.12. The number of benzene rings is 1. The van der Waals surface area contributed by atoms with Gasteiger partial charge in [-0.05, 0) is 49.6 Å². The average molecular weight is 286 g/mol. The summed E-state index contributed by atoms with van der Waals surface area (Å²) in [5.41, 5.74) is 4.66. The van der Waals surface area contributed by atoms with Crippen LogP contribution < -0.4 is 21.7 Å². The molecular formula is C15H22N6. The highest BCUT2D eigenvalue weighted by molar-refractivity contribution is 5.64. The van der Waals surface area contributed by atoms with Crippen molar-refractivity contribution in [2.45, 2.75) is 20.8 Å². The van der Waals surface area contributed by atoms with Crippen LogP contribution in [0.15, 0.2) is 18.2 Å². The lowest BCUT2D eigenvalue weighted by Gasteiger charge is -2.17. The number of nitrogens with zero attached hydrogens (tertiary/aromatic N) is 4. The lowest BCUT2D eigenvalue weighted by atomic mass is 10.0. The molecule has 21 heavy (non-hydrogen) atoms. The predicted molar refractivity (Wildman–Crippen MR) is 86.9 cm³/mol. The van der Waals surface area contributed by atoms with E-state index in [1.54, 1.807) is 20.2 Å². The zero-order chi connectivity index (χ0) is 15.7. The molecule has 1 heterocycles. The van der Waals surface area contributed by atoms with E-state index < -0.39 is 0 Å². The Kier molecular flexibility index (Phi) is 4.11. The van der Waals surface area contributed by atoms with Crippen LogP contribution in [0.2, 0.25) is 0 Å². The SMILES string of the molecule is Cc1cc(-c2nc(N(C)N)cc(N(C)N)n2)cc(C)c1C. The summed E-state index contributed by atoms with van der Waals surface area (Å²) < 4.78 is 0. The molecule has 2 rings (SSSR count). The van der Waals surface area contributed by atoms with Gasteiger partial charge in [-0.3, -0.25) is 10.0 Å². The summed E-state index contributed by atoms with van der Waals surface area (Å²) in [6.07, 6.45) is 0. The summed E-state index contributed by atoms with van der Waals surface area (Å²) >= 11 is 0. The molecule has 4 N–H and O–H groups in total. The average Bonchev–Trinajstić information content (AvgIpc) is 2.43. The van der Waals surface area contributed by atoms with Crippen LogP contribution in [0, 0.1) is 20.8 Å². The van der Waals surface area contributed by atoms with Crippen molar-refractivity contribution in [3.63, 3.8) is 0 Å². The normalized spacial score (nSPS) is 10.6. The van der Waals surface area contributed by atoms with Crippen molar-refractivity contribution in [3.8, 4) is 11.4 Å². The van der Waals surface area contributed by atoms with Gasteiger partial charge in [0, 0.05) is 25.7 Å². The molecule has 0 radical (unpaired) electrons. The van der Waals surface area contributed by atoms with Crippen LogP contribution in [-0.2, 0) is 0 Å². The fourth-order valence-electron chi connectivity index (χ4n) is 2.08. The van der Waals surface area contributed by atoms with Crippen LogP contribution >= 0.6 is 0 Å². The van der Waals surface area contributed by atoms with Crippen LogP contribution in [0.3, 0.4) is 0 Å². The summed E-state index contributed by atoms with van der Waals surface area (Å²) in [6.45, 7) is 6.28. The second-order valence-corrected chi connectivity index (χ2v) is 5.36. The van der Waals surface area contributed by atoms with E-state index in [0.717, 1.165) is 5.56 Å². The summed E-state index contributed by atoms with van der Waals surface area (Å²) in [6, 6.07) is 5.91. The van der Waals surface area contributed by atoms with Crippen LogP contribution in [0.4, 0.5) is 11.6 Å². The van der Waals surface area contributed by atoms with E-state index in [-0.39, 0.29) is 0 Å². The Balaban J connectivity index is 2.62. The van der Waals surface area contributed by atoms with Crippen molar-refractivity contribution in [2.24, 2.45) is 11.7 Å². The van der Waals surface area contributed by atoms with E-state index in [4.69, 9.17) is 11.7 Å². The molecule has 6 nitrogen and oxygen atoms in total. The van der Waals surface area contributed by atoms with Crippen molar-refractivity contribution in [3.05, 3.63) is 34.9 Å². The molecule has 0 saturated carbocycles. The molecule has 6 heteroatoms. The minimum atomic E-state index is 0.614. The van der Waals surface area contributed by atoms with Gasteiger partial charge in [-0.2, -0.15) is 0 Å². The summed E-state index contributed by atoms with van der Waals surface area (Å²) in [5.74, 6) is 13.4. The van der Waals surface area contributed by atoms with Crippen LogP contribution in [0.1, 0.15) is 16.7 Å². The Bertz CT molecular complexity index is 614. The van der Waals surface area contributed by atoms with Crippen molar-refractivity contribution in [1.29, 1.82) is 0 Å². The van der Waals surface area contributed by atoms with Gasteiger partial charge in [0.2, 0.25) is 0 Å². The van der Waals surface area contributed by atoms with E-state index in [2.05, 4.69) is 42.9 Å². The molecule has 0 aliphatic carbocycles. The maximum atomic E-state index is 5.80. The quantitative estimate of drug-likeness (QED) is 0.660. The number of anilines is 2. The number of hydrogen-bond acceptors (Lipinski definition) is 6. The van der Waals surface area contributed by atoms with Gasteiger partial charge < -0.3 is 0 Å². The monoisotopic (exact) mass is 286 g/mol. The summed E-state index contributed by atoms with van der Waals surface area (Å²) in [4.78, 5) is 9.01. The molecule has 112 valence electrons. The van der Waals surface area contributed by atoms with Crippen molar-refractivity contribution in [1.82, 2.24) is 9.97 Å². The third-order valence-electron chi connectivity index (χ3n) is 3.61. The second kappa shape index (κ2) is 5.67. The van der Waals surface area contributed by atoms with Gasteiger partial charge in [0.25, 0.3) is 0 Å². The zero-order valence-electron chi connectivity index (χ0n) is 13.2. The van der Waals surface area contributed by atoms with Crippen molar-refractivity contribution >= 4 is 11.6 Å². The Morgan fingerprint density at radius 1 is 0.810 bits per heavy atom. The van der Waals surface area contributed by atoms with Crippen molar-refractivity contribution in [2.75, 3.05) is 24.1 Å². The zero-order valence-corrected chi connectivity index (χ0v) is 13.2. The van der Waals surface area contributed by atoms with Gasteiger partial charge in [0.05, 0.1) is 0 Å². The van der Waals surface area contributed by atoms with Gasteiger partial charge in [0.15, 0.2) is 5.82 Å². The lowest BCUT2D eigenvalue weighted by Crippen LogP contribution is -2.29. The largest absolute Gasteiger partial charge is 0.298 e. The number of nitrogens with two attached hydrogens (primary N) is 2. The Morgan fingerprint density at radius 2 is 1.24 bits per heavy atom. The Labute approximate surface area is 125 Å². The van der Waals surface area contributed by atoms with E-state index in [9.17, 15) is 0 Å². The summed E-state index contributed by atoms with van der Waals surface area (Å²) in [5, 5.41) is 2.90. The maximum Gasteiger partial charge on any atom is 0.163 e. The first-order valence-electron chi connectivity index (χ1n) is 6.73. The Hall–Kier alpha value is -2.18. The molecule has 0 unspecified atom stereocenters. The molecule has 0 aliphatic rings. The number of rotatable bonds is 3. The molecule has 0 aliphatic heterocycles. The number of hydrazine groups is 2. The standard InChI is InChI=1S/C15H22N6/c1-9-6-12(7-10(2)11(9)3)15-18-13(20(4)16)8-14(19-15)21(5)17/h6-8H,16-17H2,1-5H3. The molecule has 0 fully saturated rings. The fraction of sp³-hybridized carbons (Fsp3) is 0.333. The molecular weight excluding hydrogens is 264 g/mol. The van der Waals surface area contributed by atoms with Crippen LogP contribution in [0.5, 0.6) is 0 Å². The minimum absolute atomic E-state index is 0.614. The van der Waals surface area contributed by atoms with E-state index in [0.29, 0.717) is 17.5 Å². The van der Waals surface area contributed by atoms with E-state index in [1.807, 2.05) is 0 Å². The molecule has 1 aromatic heterocycles. The maximum absolute atomic E-state index is 5.80. The summed E-state index contributed by atoms with van der Waals surface area (Å²) in [7, 11) is 3.47. The number of aryl methyl sites for hydroxylation is 2. The molecule has 0 atom stereocenters.